The molecule has 0 radical (unpaired) electrons. The summed E-state index contributed by atoms with van der Waals surface area (Å²) < 4.78 is 0. The standard InChI is InChI=1S/C7H12N.C6H5.U/c1-6-4-5-7(2)8(6)3;1-2-4-6-5-3-1;/h5,7H,1,4H2,2-3H3;1-5H;/q2*-1;+2. The average Bonchev–Trinajstić information content (AvgIpc) is 2.53. The summed E-state index contributed by atoms with van der Waals surface area (Å²) in [6.45, 7) is 6.06. The molecule has 1 aromatic rings. The van der Waals surface area contributed by atoms with E-state index in [-0.39, 0.29) is 31.1 Å². The first-order valence-corrected chi connectivity index (χ1v) is 4.87. The zero-order valence-electron chi connectivity index (χ0n) is 9.40. The van der Waals surface area contributed by atoms with Crippen LogP contribution in [-0.2, 0) is 0 Å². The number of hydrogen-bond acceptors (Lipinski definition) is 1. The van der Waals surface area contributed by atoms with Gasteiger partial charge in [-0.05, 0) is 5.70 Å². The third-order valence-electron chi connectivity index (χ3n) is 2.41. The van der Waals surface area contributed by atoms with Crippen LogP contribution in [0.15, 0.2) is 42.6 Å². The molecule has 0 amide bonds. The smallest absolute Gasteiger partial charge is 0.408 e. The largest absolute Gasteiger partial charge is 2.00 e. The monoisotopic (exact) mass is 425 g/mol. The topological polar surface area (TPSA) is 3.24 Å². The van der Waals surface area contributed by atoms with Crippen LogP contribution in [0.2, 0.25) is 0 Å². The predicted octanol–water partition coefficient (Wildman–Crippen LogP) is 2.92. The van der Waals surface area contributed by atoms with Gasteiger partial charge in [0, 0.05) is 7.05 Å². The van der Waals surface area contributed by atoms with E-state index in [0.717, 1.165) is 6.42 Å². The molecule has 2 rings (SSSR count). The summed E-state index contributed by atoms with van der Waals surface area (Å²) in [5.74, 6) is 0. The molecule has 0 aliphatic carbocycles. The first-order chi connectivity index (χ1) is 6.72. The van der Waals surface area contributed by atoms with Crippen LogP contribution in [0.25, 0.3) is 0 Å². The van der Waals surface area contributed by atoms with E-state index in [4.69, 9.17) is 0 Å². The zero-order chi connectivity index (χ0) is 10.4. The Labute approximate surface area is 117 Å². The maximum Gasteiger partial charge on any atom is 2.00 e. The molecule has 78 valence electrons. The van der Waals surface area contributed by atoms with Crippen LogP contribution in [0.1, 0.15) is 13.3 Å². The Hall–Kier alpha value is -0.188. The van der Waals surface area contributed by atoms with E-state index in [1.54, 1.807) is 0 Å². The second kappa shape index (κ2) is 8.02. The van der Waals surface area contributed by atoms with Crippen LogP contribution >= 0.6 is 0 Å². The molecular weight excluding hydrogens is 408 g/mol. The molecule has 1 aliphatic rings. The molecule has 0 aromatic heterocycles. The number of nitrogens with zero attached hydrogens (tertiary/aromatic N) is 1. The van der Waals surface area contributed by atoms with Crippen molar-refractivity contribution in [3.63, 3.8) is 0 Å². The van der Waals surface area contributed by atoms with Crippen LogP contribution in [0.3, 0.4) is 0 Å². The Balaban J connectivity index is 0.000000253. The summed E-state index contributed by atoms with van der Waals surface area (Å²) in [4.78, 5) is 2.19. The van der Waals surface area contributed by atoms with E-state index in [1.807, 2.05) is 30.3 Å². The Morgan fingerprint density at radius 3 is 2.13 bits per heavy atom. The van der Waals surface area contributed by atoms with Gasteiger partial charge in [-0.25, -0.2) is 0 Å². The summed E-state index contributed by atoms with van der Waals surface area (Å²) in [6, 6.07) is 13.1. The quantitative estimate of drug-likeness (QED) is 0.578. The van der Waals surface area contributed by atoms with Gasteiger partial charge in [-0.2, -0.15) is 36.4 Å². The molecule has 1 atom stereocenters. The second-order valence-electron chi connectivity index (χ2n) is 3.43. The van der Waals surface area contributed by atoms with Crippen LogP contribution < -0.4 is 0 Å². The molecule has 1 unspecified atom stereocenters. The van der Waals surface area contributed by atoms with E-state index in [0.29, 0.717) is 6.04 Å². The number of benzene rings is 1. The molecule has 2 heteroatoms. The summed E-state index contributed by atoms with van der Waals surface area (Å²) >= 11 is 0. The van der Waals surface area contributed by atoms with Gasteiger partial charge in [-0.15, -0.1) is 6.42 Å². The first-order valence-electron chi connectivity index (χ1n) is 4.87. The van der Waals surface area contributed by atoms with Gasteiger partial charge in [-0.1, -0.05) is 19.5 Å². The van der Waals surface area contributed by atoms with Crippen LogP contribution in [0, 0.1) is 43.6 Å². The van der Waals surface area contributed by atoms with Crippen molar-refractivity contribution in [1.29, 1.82) is 0 Å². The molecule has 1 heterocycles. The maximum absolute atomic E-state index is 3.88. The van der Waals surface area contributed by atoms with Crippen LogP contribution in [0.4, 0.5) is 0 Å². The normalized spacial score (nSPS) is 18.9. The number of hydrogen-bond donors (Lipinski definition) is 0. The molecule has 0 N–H and O–H groups in total. The van der Waals surface area contributed by atoms with Crippen molar-refractivity contribution >= 4 is 0 Å². The molecule has 1 saturated heterocycles. The Morgan fingerprint density at radius 1 is 1.40 bits per heavy atom. The van der Waals surface area contributed by atoms with Gasteiger partial charge in [0.05, 0.1) is 0 Å². The van der Waals surface area contributed by atoms with Gasteiger partial charge in [0.15, 0.2) is 0 Å². The Bertz CT molecular complexity index is 244. The number of likely N-dealkylation sites (tertiary alicyclic amines) is 1. The average molecular weight is 425 g/mol. The molecular formula is C13H17NU. The van der Waals surface area contributed by atoms with Crippen molar-refractivity contribution in [3.8, 4) is 0 Å². The van der Waals surface area contributed by atoms with E-state index in [1.165, 1.54) is 5.70 Å². The van der Waals surface area contributed by atoms with Gasteiger partial charge < -0.3 is 11.3 Å². The zero-order valence-corrected chi connectivity index (χ0v) is 13.6. The molecule has 1 aliphatic heterocycles. The van der Waals surface area contributed by atoms with Gasteiger partial charge >= 0.3 is 31.1 Å². The van der Waals surface area contributed by atoms with Crippen molar-refractivity contribution in [2.24, 2.45) is 0 Å². The third-order valence-corrected chi connectivity index (χ3v) is 2.41. The number of allylic oxidation sites excluding steroid dienone is 1. The van der Waals surface area contributed by atoms with E-state index < -0.39 is 0 Å². The van der Waals surface area contributed by atoms with Crippen LogP contribution in [0.5, 0.6) is 0 Å². The summed E-state index contributed by atoms with van der Waals surface area (Å²) in [7, 11) is 2.08. The van der Waals surface area contributed by atoms with Gasteiger partial charge in [0.25, 0.3) is 0 Å². The fourth-order valence-electron chi connectivity index (χ4n) is 1.24. The molecule has 0 spiro atoms. The summed E-state index contributed by atoms with van der Waals surface area (Å²) in [5, 5.41) is 0. The summed E-state index contributed by atoms with van der Waals surface area (Å²) in [5.41, 5.74) is 1.23. The Kier molecular flexibility index (Phi) is 7.92. The van der Waals surface area contributed by atoms with Gasteiger partial charge in [-0.3, -0.25) is 0 Å². The van der Waals surface area contributed by atoms with Crippen molar-refractivity contribution < 1.29 is 31.1 Å². The third kappa shape index (κ3) is 5.45. The molecule has 1 fully saturated rings. The van der Waals surface area contributed by atoms with Crippen molar-refractivity contribution in [2.45, 2.75) is 19.4 Å². The van der Waals surface area contributed by atoms with E-state index >= 15 is 0 Å². The predicted molar refractivity (Wildman–Crippen MR) is 60.6 cm³/mol. The van der Waals surface area contributed by atoms with Crippen LogP contribution in [-0.4, -0.2) is 18.0 Å². The SMILES string of the molecule is C=C1C[CH-]C(C)N1C.[U+2].[c-]1ccccc1. The molecule has 0 saturated carbocycles. The molecule has 1 nitrogen and oxygen atoms in total. The first kappa shape index (κ1) is 14.8. The molecule has 0 bridgehead atoms. The fourth-order valence-corrected chi connectivity index (χ4v) is 1.24. The summed E-state index contributed by atoms with van der Waals surface area (Å²) in [6.07, 6.45) is 3.33. The van der Waals surface area contributed by atoms with Crippen molar-refractivity contribution in [2.75, 3.05) is 7.05 Å². The van der Waals surface area contributed by atoms with E-state index in [9.17, 15) is 0 Å². The van der Waals surface area contributed by atoms with Crippen molar-refractivity contribution in [3.05, 3.63) is 55.1 Å². The fraction of sp³-hybridized carbons (Fsp3) is 0.308. The second-order valence-corrected chi connectivity index (χ2v) is 3.43. The Morgan fingerprint density at radius 2 is 2.00 bits per heavy atom. The molecule has 15 heavy (non-hydrogen) atoms. The maximum atomic E-state index is 3.88. The van der Waals surface area contributed by atoms with Gasteiger partial charge in [0.2, 0.25) is 0 Å². The van der Waals surface area contributed by atoms with Crippen molar-refractivity contribution in [1.82, 2.24) is 4.90 Å². The minimum absolute atomic E-state index is 0. The molecule has 1 aromatic carbocycles. The van der Waals surface area contributed by atoms with Gasteiger partial charge in [0.1, 0.15) is 0 Å². The minimum Gasteiger partial charge on any atom is -0.408 e. The number of rotatable bonds is 0. The van der Waals surface area contributed by atoms with E-state index in [2.05, 4.69) is 37.9 Å². The minimum atomic E-state index is 0.